The van der Waals surface area contributed by atoms with Gasteiger partial charge in [0.2, 0.25) is 0 Å². The maximum atomic E-state index is 11.1. The molecule has 0 atom stereocenters. The number of carbonyl (C=O) groups is 1. The molecule has 0 bridgehead atoms. The van der Waals surface area contributed by atoms with Crippen LogP contribution >= 0.6 is 11.6 Å². The Kier molecular flexibility index (Phi) is 2.60. The van der Waals surface area contributed by atoms with Crippen molar-refractivity contribution in [1.82, 2.24) is 24.3 Å². The smallest absolute Gasteiger partial charge is 0.268 e. The zero-order valence-corrected chi connectivity index (χ0v) is 10.2. The van der Waals surface area contributed by atoms with Crippen LogP contribution in [0.15, 0.2) is 30.9 Å². The first-order valence-corrected chi connectivity index (χ1v) is 5.65. The molecule has 3 aromatic heterocycles. The standard InChI is InChI=1S/C11H7ClN6O/c12-8-1-2-14-11(17-8)7-3-16-9-4-15-6(10(13)19)5-18(7)9/h1-5H,(H2,13,19). The number of fused-ring (bicyclic) bond motifs is 1. The summed E-state index contributed by atoms with van der Waals surface area (Å²) < 4.78 is 1.64. The first-order valence-electron chi connectivity index (χ1n) is 5.27. The SMILES string of the molecule is NC(=O)c1cn2c(-c3nccc(Cl)n3)cnc2cn1. The molecule has 0 aliphatic heterocycles. The predicted octanol–water partition coefficient (Wildman–Crippen LogP) is 0.939. The van der Waals surface area contributed by atoms with E-state index in [1.807, 2.05) is 0 Å². The summed E-state index contributed by atoms with van der Waals surface area (Å²) in [6, 6.07) is 1.57. The largest absolute Gasteiger partial charge is 0.364 e. The lowest BCUT2D eigenvalue weighted by Crippen LogP contribution is -2.14. The Morgan fingerprint density at radius 1 is 1.26 bits per heavy atom. The molecule has 19 heavy (non-hydrogen) atoms. The molecule has 8 heteroatoms. The average Bonchev–Trinajstić information content (AvgIpc) is 2.81. The lowest BCUT2D eigenvalue weighted by atomic mass is 10.4. The fourth-order valence-corrected chi connectivity index (χ4v) is 1.78. The van der Waals surface area contributed by atoms with Gasteiger partial charge >= 0.3 is 0 Å². The summed E-state index contributed by atoms with van der Waals surface area (Å²) in [5.74, 6) is -0.213. The summed E-state index contributed by atoms with van der Waals surface area (Å²) in [6.07, 6.45) is 6.06. The van der Waals surface area contributed by atoms with E-state index in [4.69, 9.17) is 17.3 Å². The van der Waals surface area contributed by atoms with Crippen LogP contribution < -0.4 is 5.73 Å². The number of hydrogen-bond acceptors (Lipinski definition) is 5. The molecule has 0 spiro atoms. The zero-order chi connectivity index (χ0) is 13.4. The van der Waals surface area contributed by atoms with Crippen molar-refractivity contribution in [2.75, 3.05) is 0 Å². The second-order valence-corrected chi connectivity index (χ2v) is 4.10. The highest BCUT2D eigenvalue weighted by atomic mass is 35.5. The number of carbonyl (C=O) groups excluding carboxylic acids is 1. The third-order valence-corrected chi connectivity index (χ3v) is 2.71. The van der Waals surface area contributed by atoms with Gasteiger partial charge in [-0.2, -0.15) is 0 Å². The van der Waals surface area contributed by atoms with Crippen LogP contribution in [0.1, 0.15) is 10.5 Å². The van der Waals surface area contributed by atoms with Gasteiger partial charge < -0.3 is 5.73 Å². The fraction of sp³-hybridized carbons (Fsp3) is 0. The van der Waals surface area contributed by atoms with E-state index in [0.29, 0.717) is 22.3 Å². The molecular weight excluding hydrogens is 268 g/mol. The second kappa shape index (κ2) is 4.29. The molecule has 7 nitrogen and oxygen atoms in total. The van der Waals surface area contributed by atoms with Crippen molar-refractivity contribution in [2.45, 2.75) is 0 Å². The Balaban J connectivity index is 2.24. The molecule has 0 saturated heterocycles. The number of aromatic nitrogens is 5. The molecule has 0 saturated carbocycles. The molecule has 94 valence electrons. The van der Waals surface area contributed by atoms with E-state index in [1.54, 1.807) is 22.9 Å². The number of imidazole rings is 1. The minimum Gasteiger partial charge on any atom is -0.364 e. The van der Waals surface area contributed by atoms with Gasteiger partial charge in [0.05, 0.1) is 12.4 Å². The molecule has 0 aliphatic rings. The van der Waals surface area contributed by atoms with Gasteiger partial charge in [0, 0.05) is 12.4 Å². The van der Waals surface area contributed by atoms with Crippen LogP contribution in [-0.4, -0.2) is 30.2 Å². The summed E-state index contributed by atoms with van der Waals surface area (Å²) >= 11 is 5.83. The van der Waals surface area contributed by atoms with E-state index < -0.39 is 5.91 Å². The third kappa shape index (κ3) is 2.00. The number of rotatable bonds is 2. The van der Waals surface area contributed by atoms with Gasteiger partial charge in [0.15, 0.2) is 11.5 Å². The minimum absolute atomic E-state index is 0.133. The molecular formula is C11H7ClN6O. The lowest BCUT2D eigenvalue weighted by molar-refractivity contribution is 0.0995. The number of hydrogen-bond donors (Lipinski definition) is 1. The molecule has 0 aliphatic carbocycles. The zero-order valence-electron chi connectivity index (χ0n) is 9.49. The van der Waals surface area contributed by atoms with Crippen LogP contribution in [0.4, 0.5) is 0 Å². The van der Waals surface area contributed by atoms with Crippen LogP contribution in [0.2, 0.25) is 5.15 Å². The summed E-state index contributed by atoms with van der Waals surface area (Å²) in [6.45, 7) is 0. The molecule has 2 N–H and O–H groups in total. The van der Waals surface area contributed by atoms with Crippen LogP contribution in [0.3, 0.4) is 0 Å². The van der Waals surface area contributed by atoms with Crippen molar-refractivity contribution in [3.05, 3.63) is 41.7 Å². The number of halogens is 1. The van der Waals surface area contributed by atoms with Crippen LogP contribution in [0.5, 0.6) is 0 Å². The quantitative estimate of drug-likeness (QED) is 0.701. The Morgan fingerprint density at radius 3 is 2.84 bits per heavy atom. The number of nitrogens with zero attached hydrogens (tertiary/aromatic N) is 5. The monoisotopic (exact) mass is 274 g/mol. The van der Waals surface area contributed by atoms with Crippen molar-refractivity contribution in [2.24, 2.45) is 5.73 Å². The van der Waals surface area contributed by atoms with E-state index in [2.05, 4.69) is 19.9 Å². The van der Waals surface area contributed by atoms with Gasteiger partial charge in [-0.1, -0.05) is 11.6 Å². The Hall–Kier alpha value is -2.54. The van der Waals surface area contributed by atoms with Gasteiger partial charge in [-0.3, -0.25) is 9.20 Å². The first kappa shape index (κ1) is 11.5. The molecule has 0 unspecified atom stereocenters. The van der Waals surface area contributed by atoms with Crippen LogP contribution in [0, 0.1) is 0 Å². The summed E-state index contributed by atoms with van der Waals surface area (Å²) in [5.41, 5.74) is 6.49. The van der Waals surface area contributed by atoms with Gasteiger partial charge in [-0.05, 0) is 6.07 Å². The van der Waals surface area contributed by atoms with Crippen molar-refractivity contribution in [3.8, 4) is 11.5 Å². The highest BCUT2D eigenvalue weighted by Crippen LogP contribution is 2.18. The van der Waals surface area contributed by atoms with Gasteiger partial charge in [-0.15, -0.1) is 0 Å². The maximum Gasteiger partial charge on any atom is 0.268 e. The van der Waals surface area contributed by atoms with Crippen molar-refractivity contribution < 1.29 is 4.79 Å². The number of nitrogens with two attached hydrogens (primary N) is 1. The van der Waals surface area contributed by atoms with E-state index in [1.165, 1.54) is 12.4 Å². The predicted molar refractivity (Wildman–Crippen MR) is 67.5 cm³/mol. The molecule has 0 aromatic carbocycles. The molecule has 3 heterocycles. The van der Waals surface area contributed by atoms with E-state index in [9.17, 15) is 4.79 Å². The molecule has 0 radical (unpaired) electrons. The lowest BCUT2D eigenvalue weighted by Gasteiger charge is -2.01. The second-order valence-electron chi connectivity index (χ2n) is 3.71. The highest BCUT2D eigenvalue weighted by Gasteiger charge is 2.11. The van der Waals surface area contributed by atoms with Gasteiger partial charge in [-0.25, -0.2) is 19.9 Å². The van der Waals surface area contributed by atoms with Gasteiger partial charge in [0.1, 0.15) is 16.5 Å². The fourth-order valence-electron chi connectivity index (χ4n) is 1.64. The van der Waals surface area contributed by atoms with E-state index in [-0.39, 0.29) is 5.69 Å². The van der Waals surface area contributed by atoms with Gasteiger partial charge in [0.25, 0.3) is 5.91 Å². The first-order chi connectivity index (χ1) is 9.15. The van der Waals surface area contributed by atoms with E-state index in [0.717, 1.165) is 0 Å². The molecule has 0 fully saturated rings. The number of primary amides is 1. The summed E-state index contributed by atoms with van der Waals surface area (Å²) in [5, 5.41) is 0.323. The summed E-state index contributed by atoms with van der Waals surface area (Å²) in [4.78, 5) is 27.4. The molecule has 3 aromatic rings. The number of amides is 1. The Morgan fingerprint density at radius 2 is 2.11 bits per heavy atom. The third-order valence-electron chi connectivity index (χ3n) is 2.50. The van der Waals surface area contributed by atoms with Crippen molar-refractivity contribution in [1.29, 1.82) is 0 Å². The minimum atomic E-state index is -0.617. The average molecular weight is 275 g/mol. The van der Waals surface area contributed by atoms with Crippen LogP contribution in [0.25, 0.3) is 17.2 Å². The van der Waals surface area contributed by atoms with Crippen molar-refractivity contribution in [3.63, 3.8) is 0 Å². The Bertz CT molecular complexity index is 784. The maximum absolute atomic E-state index is 11.1. The van der Waals surface area contributed by atoms with E-state index >= 15 is 0 Å². The molecule has 3 rings (SSSR count). The van der Waals surface area contributed by atoms with Crippen LogP contribution in [-0.2, 0) is 0 Å². The Labute approximate surface area is 112 Å². The topological polar surface area (TPSA) is 99.1 Å². The highest BCUT2D eigenvalue weighted by molar-refractivity contribution is 6.29. The summed E-state index contributed by atoms with van der Waals surface area (Å²) in [7, 11) is 0. The van der Waals surface area contributed by atoms with Crippen molar-refractivity contribution >= 4 is 23.2 Å². The normalized spacial score (nSPS) is 10.8. The molecule has 1 amide bonds.